The van der Waals surface area contributed by atoms with Crippen LogP contribution in [0.2, 0.25) is 0 Å². The van der Waals surface area contributed by atoms with Crippen LogP contribution < -0.4 is 16.8 Å². The maximum atomic E-state index is 12.5. The number of hydrogen-bond acceptors (Lipinski definition) is 4. The molecule has 6 nitrogen and oxygen atoms in total. The Morgan fingerprint density at radius 2 is 2.04 bits per heavy atom. The second-order valence-electron chi connectivity index (χ2n) is 7.25. The van der Waals surface area contributed by atoms with Crippen molar-refractivity contribution in [3.8, 4) is 0 Å². The van der Waals surface area contributed by atoms with E-state index in [1.54, 1.807) is 0 Å². The van der Waals surface area contributed by atoms with E-state index in [2.05, 4.69) is 10.2 Å². The van der Waals surface area contributed by atoms with Gasteiger partial charge in [-0.05, 0) is 62.4 Å². The van der Waals surface area contributed by atoms with Crippen molar-refractivity contribution in [2.75, 3.05) is 18.4 Å². The van der Waals surface area contributed by atoms with Gasteiger partial charge in [0.25, 0.3) is 0 Å². The van der Waals surface area contributed by atoms with Gasteiger partial charge in [-0.25, -0.2) is 0 Å². The maximum Gasteiger partial charge on any atom is 0.234 e. The van der Waals surface area contributed by atoms with Crippen LogP contribution in [0.4, 0.5) is 5.69 Å². The highest BCUT2D eigenvalue weighted by Gasteiger charge is 2.32. The van der Waals surface area contributed by atoms with E-state index in [0.29, 0.717) is 19.0 Å². The molecule has 0 radical (unpaired) electrons. The highest BCUT2D eigenvalue weighted by Crippen LogP contribution is 2.32. The molecule has 3 atom stereocenters. The number of nitrogens with zero attached hydrogens (tertiary/aromatic N) is 1. The van der Waals surface area contributed by atoms with E-state index in [4.69, 9.17) is 11.5 Å². The first-order valence-corrected chi connectivity index (χ1v) is 9.21. The molecule has 136 valence electrons. The smallest absolute Gasteiger partial charge is 0.234 e. The van der Waals surface area contributed by atoms with Crippen molar-refractivity contribution in [2.45, 2.75) is 44.7 Å². The Balaban J connectivity index is 1.63. The lowest BCUT2D eigenvalue weighted by molar-refractivity contribution is -0.122. The van der Waals surface area contributed by atoms with Crippen molar-refractivity contribution in [1.29, 1.82) is 0 Å². The monoisotopic (exact) mass is 344 g/mol. The predicted octanol–water partition coefficient (Wildman–Crippen LogP) is 1.45. The van der Waals surface area contributed by atoms with Crippen LogP contribution in [0.15, 0.2) is 24.3 Å². The van der Waals surface area contributed by atoms with E-state index in [9.17, 15) is 9.59 Å². The molecule has 25 heavy (non-hydrogen) atoms. The van der Waals surface area contributed by atoms with Gasteiger partial charge in [-0.3, -0.25) is 14.5 Å². The average Bonchev–Trinajstić information content (AvgIpc) is 3.23. The molecule has 1 unspecified atom stereocenters. The third-order valence-corrected chi connectivity index (χ3v) is 5.57. The maximum absolute atomic E-state index is 12.5. The standard InChI is InChI=1S/C19H28N4O2/c20-11-14-5-2-7-16(14)19(25)22-15-6-1-4-13(10-15)12-23-9-3-8-17(23)18(21)24/h1,4,6,10,14,16-17H,2-3,5,7-9,11-12,20H2,(H2,21,24)(H,22,25)/t14-,16-,17?/m1/s1. The fraction of sp³-hybridized carbons (Fsp3) is 0.579. The van der Waals surface area contributed by atoms with Gasteiger partial charge in [0.05, 0.1) is 6.04 Å². The van der Waals surface area contributed by atoms with Gasteiger partial charge in [-0.1, -0.05) is 18.6 Å². The lowest BCUT2D eigenvalue weighted by atomic mass is 9.95. The van der Waals surface area contributed by atoms with Gasteiger partial charge in [0.1, 0.15) is 0 Å². The molecule has 2 amide bonds. The summed E-state index contributed by atoms with van der Waals surface area (Å²) >= 11 is 0. The molecule has 0 aromatic heterocycles. The molecule has 3 rings (SSSR count). The molecule has 1 aromatic carbocycles. The van der Waals surface area contributed by atoms with E-state index in [1.165, 1.54) is 0 Å². The van der Waals surface area contributed by atoms with Crippen LogP contribution in [0, 0.1) is 11.8 Å². The fourth-order valence-electron chi connectivity index (χ4n) is 4.22. The van der Waals surface area contributed by atoms with Crippen LogP contribution in [0.5, 0.6) is 0 Å². The highest BCUT2D eigenvalue weighted by molar-refractivity contribution is 5.93. The van der Waals surface area contributed by atoms with E-state index in [-0.39, 0.29) is 23.8 Å². The summed E-state index contributed by atoms with van der Waals surface area (Å²) in [6.45, 7) is 2.12. The van der Waals surface area contributed by atoms with Gasteiger partial charge in [0.15, 0.2) is 0 Å². The van der Waals surface area contributed by atoms with Crippen LogP contribution in [0.1, 0.15) is 37.7 Å². The van der Waals surface area contributed by atoms with E-state index >= 15 is 0 Å². The van der Waals surface area contributed by atoms with Crippen molar-refractivity contribution in [1.82, 2.24) is 4.90 Å². The Morgan fingerprint density at radius 3 is 2.80 bits per heavy atom. The van der Waals surface area contributed by atoms with Crippen molar-refractivity contribution < 1.29 is 9.59 Å². The van der Waals surface area contributed by atoms with Crippen molar-refractivity contribution in [2.24, 2.45) is 23.3 Å². The summed E-state index contributed by atoms with van der Waals surface area (Å²) in [5.41, 5.74) is 13.2. The molecule has 1 heterocycles. The van der Waals surface area contributed by atoms with E-state index in [0.717, 1.165) is 49.9 Å². The minimum absolute atomic E-state index is 0.0199. The summed E-state index contributed by atoms with van der Waals surface area (Å²) in [6.07, 6.45) is 4.85. The van der Waals surface area contributed by atoms with Crippen LogP contribution in [-0.4, -0.2) is 35.8 Å². The first-order chi connectivity index (χ1) is 12.1. The Kier molecular flexibility index (Phi) is 5.71. The van der Waals surface area contributed by atoms with Gasteiger partial charge < -0.3 is 16.8 Å². The number of hydrogen-bond donors (Lipinski definition) is 3. The molecular formula is C19H28N4O2. The average molecular weight is 344 g/mol. The van der Waals surface area contributed by atoms with E-state index < -0.39 is 0 Å². The van der Waals surface area contributed by atoms with Crippen LogP contribution in [0.3, 0.4) is 0 Å². The van der Waals surface area contributed by atoms with E-state index in [1.807, 2.05) is 24.3 Å². The van der Waals surface area contributed by atoms with Gasteiger partial charge >= 0.3 is 0 Å². The summed E-state index contributed by atoms with van der Waals surface area (Å²) in [5, 5.41) is 3.04. The molecule has 2 fully saturated rings. The molecule has 1 aromatic rings. The highest BCUT2D eigenvalue weighted by atomic mass is 16.2. The number of nitrogens with one attached hydrogen (secondary N) is 1. The summed E-state index contributed by atoms with van der Waals surface area (Å²) < 4.78 is 0. The number of carbonyl (C=O) groups excluding carboxylic acids is 2. The molecule has 0 spiro atoms. The quantitative estimate of drug-likeness (QED) is 0.727. The second kappa shape index (κ2) is 7.97. The fourth-order valence-corrected chi connectivity index (χ4v) is 4.22. The molecule has 1 saturated heterocycles. The van der Waals surface area contributed by atoms with Crippen LogP contribution in [0.25, 0.3) is 0 Å². The molecule has 1 aliphatic heterocycles. The Labute approximate surface area is 148 Å². The molecule has 6 heteroatoms. The molecule has 2 aliphatic rings. The topological polar surface area (TPSA) is 101 Å². The zero-order valence-corrected chi connectivity index (χ0v) is 14.6. The lowest BCUT2D eigenvalue weighted by Crippen LogP contribution is -2.39. The van der Waals surface area contributed by atoms with Crippen molar-refractivity contribution in [3.05, 3.63) is 29.8 Å². The first kappa shape index (κ1) is 17.9. The Hall–Kier alpha value is -1.92. The van der Waals surface area contributed by atoms with Crippen LogP contribution >= 0.6 is 0 Å². The second-order valence-corrected chi connectivity index (χ2v) is 7.25. The molecular weight excluding hydrogens is 316 g/mol. The summed E-state index contributed by atoms with van der Waals surface area (Å²) in [5.74, 6) is 0.132. The molecule has 5 N–H and O–H groups in total. The minimum Gasteiger partial charge on any atom is -0.368 e. The van der Waals surface area contributed by atoms with Crippen LogP contribution in [-0.2, 0) is 16.1 Å². The number of nitrogens with two attached hydrogens (primary N) is 2. The van der Waals surface area contributed by atoms with Crippen molar-refractivity contribution >= 4 is 17.5 Å². The summed E-state index contributed by atoms with van der Waals surface area (Å²) in [6, 6.07) is 7.67. The number of benzene rings is 1. The summed E-state index contributed by atoms with van der Waals surface area (Å²) in [4.78, 5) is 26.2. The van der Waals surface area contributed by atoms with Gasteiger partial charge in [-0.15, -0.1) is 0 Å². The Bertz CT molecular complexity index is 634. The predicted molar refractivity (Wildman–Crippen MR) is 97.6 cm³/mol. The zero-order chi connectivity index (χ0) is 17.8. The third kappa shape index (κ3) is 4.19. The number of amides is 2. The molecule has 1 aliphatic carbocycles. The first-order valence-electron chi connectivity index (χ1n) is 9.21. The SMILES string of the molecule is NC[C@H]1CCC[C@H]1C(=O)Nc1cccc(CN2CCCC2C(N)=O)c1. The number of likely N-dealkylation sites (tertiary alicyclic amines) is 1. The largest absolute Gasteiger partial charge is 0.368 e. The Morgan fingerprint density at radius 1 is 1.20 bits per heavy atom. The number of carbonyl (C=O) groups is 2. The lowest BCUT2D eigenvalue weighted by Gasteiger charge is -2.22. The van der Waals surface area contributed by atoms with Gasteiger partial charge in [-0.2, -0.15) is 0 Å². The molecule has 0 bridgehead atoms. The minimum atomic E-state index is -0.254. The number of rotatable bonds is 6. The van der Waals surface area contributed by atoms with Gasteiger partial charge in [0.2, 0.25) is 11.8 Å². The number of anilines is 1. The molecule has 1 saturated carbocycles. The normalized spacial score (nSPS) is 26.7. The summed E-state index contributed by atoms with van der Waals surface area (Å²) in [7, 11) is 0. The van der Waals surface area contributed by atoms with Gasteiger partial charge in [0, 0.05) is 18.2 Å². The number of primary amides is 1. The van der Waals surface area contributed by atoms with Crippen molar-refractivity contribution in [3.63, 3.8) is 0 Å². The zero-order valence-electron chi connectivity index (χ0n) is 14.6. The third-order valence-electron chi connectivity index (χ3n) is 5.57.